The van der Waals surface area contributed by atoms with E-state index in [1.807, 2.05) is 27.7 Å². The van der Waals surface area contributed by atoms with Gasteiger partial charge in [-0.1, -0.05) is 0 Å². The number of nitrogens with one attached hydrogen (secondary N) is 1. The number of hydrogen-bond acceptors (Lipinski definition) is 4. The molecule has 2 heterocycles. The van der Waals surface area contributed by atoms with Crippen molar-refractivity contribution < 1.29 is 14.6 Å². The van der Waals surface area contributed by atoms with Crippen LogP contribution in [0.4, 0.5) is 4.79 Å². The zero-order chi connectivity index (χ0) is 12.8. The van der Waals surface area contributed by atoms with Crippen LogP contribution in [0.5, 0.6) is 0 Å². The minimum atomic E-state index is -0.536. The molecule has 1 amide bonds. The van der Waals surface area contributed by atoms with Gasteiger partial charge in [0.2, 0.25) is 0 Å². The molecule has 2 aliphatic heterocycles. The van der Waals surface area contributed by atoms with E-state index in [-0.39, 0.29) is 12.1 Å². The summed E-state index contributed by atoms with van der Waals surface area (Å²) in [6.45, 7) is 8.82. The van der Waals surface area contributed by atoms with Crippen LogP contribution in [0.1, 0.15) is 34.1 Å². The van der Waals surface area contributed by atoms with Gasteiger partial charge in [-0.3, -0.25) is 4.90 Å². The van der Waals surface area contributed by atoms with E-state index in [9.17, 15) is 9.90 Å². The smallest absolute Gasteiger partial charge is 0.411 e. The summed E-state index contributed by atoms with van der Waals surface area (Å²) < 4.78 is 5.42. The van der Waals surface area contributed by atoms with Crippen LogP contribution < -0.4 is 5.32 Å². The number of amides is 1. The van der Waals surface area contributed by atoms with Crippen LogP contribution in [0, 0.1) is 0 Å². The van der Waals surface area contributed by atoms with Crippen molar-refractivity contribution in [2.75, 3.05) is 13.1 Å². The monoisotopic (exact) mass is 242 g/mol. The molecule has 2 rings (SSSR count). The number of carbonyl (C=O) groups excluding carboxylic acids is 1. The highest BCUT2D eigenvalue weighted by Crippen LogP contribution is 2.37. The van der Waals surface area contributed by atoms with Crippen LogP contribution in [0.15, 0.2) is 0 Å². The predicted octanol–water partition coefficient (Wildman–Crippen LogP) is 0.719. The van der Waals surface area contributed by atoms with Crippen molar-refractivity contribution in [1.29, 1.82) is 0 Å². The minimum Gasteiger partial charge on any atom is -0.444 e. The first-order valence-corrected chi connectivity index (χ1v) is 6.15. The third kappa shape index (κ3) is 2.13. The normalized spacial score (nSPS) is 37.1. The number of hydrogen-bond donors (Lipinski definition) is 2. The summed E-state index contributed by atoms with van der Waals surface area (Å²) in [6, 6.07) is 0.0404. The fourth-order valence-corrected chi connectivity index (χ4v) is 2.73. The lowest BCUT2D eigenvalue weighted by molar-refractivity contribution is -0.0236. The van der Waals surface area contributed by atoms with Crippen molar-refractivity contribution in [3.63, 3.8) is 0 Å². The zero-order valence-electron chi connectivity index (χ0n) is 11.0. The first-order valence-electron chi connectivity index (χ1n) is 6.15. The molecule has 0 aliphatic carbocycles. The highest BCUT2D eigenvalue weighted by Gasteiger charge is 2.55. The number of nitrogens with zero attached hydrogens (tertiary/aromatic N) is 1. The van der Waals surface area contributed by atoms with Gasteiger partial charge in [-0.15, -0.1) is 0 Å². The van der Waals surface area contributed by atoms with Gasteiger partial charge in [0, 0.05) is 13.1 Å². The first kappa shape index (κ1) is 12.6. The van der Waals surface area contributed by atoms with Crippen molar-refractivity contribution in [3.8, 4) is 0 Å². The maximum atomic E-state index is 12.2. The maximum Gasteiger partial charge on any atom is 0.411 e. The SMILES string of the molecule is CC(C)(C)OC(=O)N1C2CNCC1(C)C(O)C2. The molecule has 0 aromatic heterocycles. The zero-order valence-corrected chi connectivity index (χ0v) is 11.0. The Bertz CT molecular complexity index is 326. The summed E-state index contributed by atoms with van der Waals surface area (Å²) >= 11 is 0. The molecule has 2 N–H and O–H groups in total. The summed E-state index contributed by atoms with van der Waals surface area (Å²) in [5.74, 6) is 0. The van der Waals surface area contributed by atoms with Gasteiger partial charge in [-0.05, 0) is 34.1 Å². The van der Waals surface area contributed by atoms with Crippen LogP contribution >= 0.6 is 0 Å². The fraction of sp³-hybridized carbons (Fsp3) is 0.917. The van der Waals surface area contributed by atoms with Crippen molar-refractivity contribution in [3.05, 3.63) is 0 Å². The second kappa shape index (κ2) is 3.85. The molecule has 2 saturated heterocycles. The first-order chi connectivity index (χ1) is 7.74. The fourth-order valence-electron chi connectivity index (χ4n) is 2.73. The number of aliphatic hydroxyl groups is 1. The molecule has 3 atom stereocenters. The topological polar surface area (TPSA) is 61.8 Å². The summed E-state index contributed by atoms with van der Waals surface area (Å²) in [4.78, 5) is 13.9. The number of aliphatic hydroxyl groups excluding tert-OH is 1. The molecule has 3 unspecified atom stereocenters. The predicted molar refractivity (Wildman–Crippen MR) is 63.8 cm³/mol. The number of ether oxygens (including phenoxy) is 1. The Hall–Kier alpha value is -0.810. The lowest BCUT2D eigenvalue weighted by Gasteiger charge is -2.43. The average Bonchev–Trinajstić information content (AvgIpc) is 2.27. The Morgan fingerprint density at radius 1 is 1.53 bits per heavy atom. The number of rotatable bonds is 0. The molecule has 0 spiro atoms. The van der Waals surface area contributed by atoms with Gasteiger partial charge >= 0.3 is 6.09 Å². The maximum absolute atomic E-state index is 12.2. The Balaban J connectivity index is 2.18. The van der Waals surface area contributed by atoms with Gasteiger partial charge in [0.25, 0.3) is 0 Å². The van der Waals surface area contributed by atoms with Gasteiger partial charge in [0.1, 0.15) is 5.60 Å². The van der Waals surface area contributed by atoms with E-state index in [2.05, 4.69) is 5.32 Å². The molecule has 2 bridgehead atoms. The Labute approximate surface area is 102 Å². The second-order valence-electron chi connectivity index (χ2n) is 6.24. The summed E-state index contributed by atoms with van der Waals surface area (Å²) in [5.41, 5.74) is -1.03. The molecular weight excluding hydrogens is 220 g/mol. The molecule has 17 heavy (non-hydrogen) atoms. The van der Waals surface area contributed by atoms with Crippen molar-refractivity contribution in [2.45, 2.75) is 57.4 Å². The van der Waals surface area contributed by atoms with Crippen LogP contribution in [0.3, 0.4) is 0 Å². The highest BCUT2D eigenvalue weighted by molar-refractivity contribution is 5.71. The van der Waals surface area contributed by atoms with E-state index < -0.39 is 17.2 Å². The van der Waals surface area contributed by atoms with Crippen LogP contribution in [0.25, 0.3) is 0 Å². The van der Waals surface area contributed by atoms with Gasteiger partial charge in [-0.2, -0.15) is 0 Å². The molecule has 98 valence electrons. The average molecular weight is 242 g/mol. The molecule has 5 nitrogen and oxygen atoms in total. The molecule has 0 aromatic carbocycles. The van der Waals surface area contributed by atoms with Crippen LogP contribution in [0.2, 0.25) is 0 Å². The molecule has 0 saturated carbocycles. The van der Waals surface area contributed by atoms with Crippen LogP contribution in [-0.4, -0.2) is 52.5 Å². The Kier molecular flexibility index (Phi) is 2.86. The number of piperazine rings is 1. The Morgan fingerprint density at radius 2 is 2.18 bits per heavy atom. The van der Waals surface area contributed by atoms with E-state index in [0.29, 0.717) is 13.0 Å². The lowest BCUT2D eigenvalue weighted by atomic mass is 9.96. The molecular formula is C12H22N2O3. The van der Waals surface area contributed by atoms with Gasteiger partial charge in [0.05, 0.1) is 17.7 Å². The standard InChI is InChI=1S/C12H22N2O3/c1-11(2,3)17-10(16)14-8-5-9(15)12(14,4)7-13-6-8/h8-9,13,15H,5-7H2,1-4H3. The molecule has 0 radical (unpaired) electrons. The molecule has 5 heteroatoms. The molecule has 2 aliphatic rings. The molecule has 0 aromatic rings. The van der Waals surface area contributed by atoms with E-state index in [1.165, 1.54) is 0 Å². The van der Waals surface area contributed by atoms with Crippen molar-refractivity contribution >= 4 is 6.09 Å². The number of carbonyl (C=O) groups is 1. The lowest BCUT2D eigenvalue weighted by Crippen LogP contribution is -2.64. The van der Waals surface area contributed by atoms with E-state index in [0.717, 1.165) is 6.54 Å². The largest absolute Gasteiger partial charge is 0.444 e. The third-order valence-corrected chi connectivity index (χ3v) is 3.58. The Morgan fingerprint density at radius 3 is 2.71 bits per heavy atom. The minimum absolute atomic E-state index is 0.0404. The van der Waals surface area contributed by atoms with Crippen molar-refractivity contribution in [2.24, 2.45) is 0 Å². The summed E-state index contributed by atoms with van der Waals surface area (Å²) in [5, 5.41) is 13.3. The summed E-state index contributed by atoms with van der Waals surface area (Å²) in [7, 11) is 0. The van der Waals surface area contributed by atoms with E-state index in [1.54, 1.807) is 4.90 Å². The van der Waals surface area contributed by atoms with Crippen LogP contribution in [-0.2, 0) is 4.74 Å². The van der Waals surface area contributed by atoms with E-state index in [4.69, 9.17) is 4.74 Å². The second-order valence-corrected chi connectivity index (χ2v) is 6.24. The van der Waals surface area contributed by atoms with Gasteiger partial charge in [-0.25, -0.2) is 4.79 Å². The van der Waals surface area contributed by atoms with Gasteiger partial charge in [0.15, 0.2) is 0 Å². The highest BCUT2D eigenvalue weighted by atomic mass is 16.6. The van der Waals surface area contributed by atoms with Crippen molar-refractivity contribution in [1.82, 2.24) is 10.2 Å². The third-order valence-electron chi connectivity index (χ3n) is 3.58. The van der Waals surface area contributed by atoms with Gasteiger partial charge < -0.3 is 15.2 Å². The quantitative estimate of drug-likeness (QED) is 0.657. The van der Waals surface area contributed by atoms with E-state index >= 15 is 0 Å². The summed E-state index contributed by atoms with van der Waals surface area (Å²) in [6.07, 6.45) is -0.166. The molecule has 2 fully saturated rings. The number of fused-ring (bicyclic) bond motifs is 2.